The quantitative estimate of drug-likeness (QED) is 0.553. The van der Waals surface area contributed by atoms with Crippen LogP contribution in [0.1, 0.15) is 46.1 Å². The molecule has 0 spiro atoms. The summed E-state index contributed by atoms with van der Waals surface area (Å²) < 4.78 is 5.29. The van der Waals surface area contributed by atoms with E-state index in [-0.39, 0.29) is 11.9 Å². The smallest absolute Gasteiger partial charge is 0.341 e. The molecule has 2 aromatic rings. The minimum atomic E-state index is -0.303. The molecule has 1 aromatic heterocycles. The largest absolute Gasteiger partial charge is 0.462 e. The van der Waals surface area contributed by atoms with Gasteiger partial charge in [0.05, 0.1) is 12.2 Å². The summed E-state index contributed by atoms with van der Waals surface area (Å²) in [5.74, 6) is -0.312. The first-order chi connectivity index (χ1) is 15.1. The first-order valence-electron chi connectivity index (χ1n) is 11.5. The van der Waals surface area contributed by atoms with Crippen LogP contribution in [0.15, 0.2) is 30.3 Å². The fourth-order valence-electron chi connectivity index (χ4n) is 4.67. The molecule has 0 radical (unpaired) electrons. The molecule has 31 heavy (non-hydrogen) atoms. The maximum atomic E-state index is 12.8. The molecule has 2 heterocycles. The number of fused-ring (bicyclic) bond motifs is 1. The average Bonchev–Trinajstić information content (AvgIpc) is 3.13. The number of benzene rings is 1. The Labute approximate surface area is 188 Å². The molecule has 0 saturated carbocycles. The van der Waals surface area contributed by atoms with Gasteiger partial charge < -0.3 is 19.9 Å². The third kappa shape index (κ3) is 5.53. The monoisotopic (exact) mass is 443 g/mol. The molecule has 0 bridgehead atoms. The maximum Gasteiger partial charge on any atom is 0.341 e. The van der Waals surface area contributed by atoms with E-state index in [0.29, 0.717) is 23.7 Å². The predicted molar refractivity (Wildman–Crippen MR) is 122 cm³/mol. The van der Waals surface area contributed by atoms with Crippen LogP contribution in [0.2, 0.25) is 0 Å². The fraction of sp³-hybridized carbons (Fsp3) is 0.500. The minimum absolute atomic E-state index is 0.00865. The summed E-state index contributed by atoms with van der Waals surface area (Å²) in [6, 6.07) is 10.6. The Morgan fingerprint density at radius 1 is 1.03 bits per heavy atom. The van der Waals surface area contributed by atoms with E-state index in [4.69, 9.17) is 4.74 Å². The van der Waals surface area contributed by atoms with E-state index in [1.165, 1.54) is 15.3 Å². The number of anilines is 1. The van der Waals surface area contributed by atoms with Crippen molar-refractivity contribution in [3.63, 3.8) is 0 Å². The molecule has 3 N–H and O–H groups in total. The molecule has 0 atom stereocenters. The number of hydrogen-bond acceptors (Lipinski definition) is 4. The molecule has 1 amide bonds. The van der Waals surface area contributed by atoms with Crippen molar-refractivity contribution in [1.29, 1.82) is 0 Å². The Morgan fingerprint density at radius 3 is 2.48 bits per heavy atom. The summed E-state index contributed by atoms with van der Waals surface area (Å²) in [5, 5.41) is 3.74. The second kappa shape index (κ2) is 10.4. The van der Waals surface area contributed by atoms with Gasteiger partial charge in [0.2, 0.25) is 0 Å². The number of esters is 1. The molecule has 1 aliphatic heterocycles. The number of rotatable bonds is 7. The summed E-state index contributed by atoms with van der Waals surface area (Å²) in [6.45, 7) is 7.77. The first kappa shape index (κ1) is 22.0. The van der Waals surface area contributed by atoms with Crippen LogP contribution in [-0.2, 0) is 28.9 Å². The van der Waals surface area contributed by atoms with Crippen LogP contribution in [0.3, 0.4) is 0 Å². The van der Waals surface area contributed by atoms with E-state index in [9.17, 15) is 9.59 Å². The van der Waals surface area contributed by atoms with Gasteiger partial charge in [0.25, 0.3) is 5.91 Å². The van der Waals surface area contributed by atoms with Gasteiger partial charge in [-0.05, 0) is 38.2 Å². The topological polar surface area (TPSA) is 64.3 Å². The first-order valence-corrected chi connectivity index (χ1v) is 12.3. The highest BCUT2D eigenvalue weighted by Gasteiger charge is 2.29. The van der Waals surface area contributed by atoms with E-state index in [0.717, 1.165) is 64.0 Å². The van der Waals surface area contributed by atoms with Gasteiger partial charge in [-0.1, -0.05) is 30.3 Å². The van der Waals surface area contributed by atoms with Crippen LogP contribution in [0.5, 0.6) is 0 Å². The number of amides is 1. The van der Waals surface area contributed by atoms with Gasteiger partial charge in [0.15, 0.2) is 6.54 Å². The third-order valence-corrected chi connectivity index (χ3v) is 7.48. The second-order valence-corrected chi connectivity index (χ2v) is 9.63. The number of carbonyl (C=O) groups is 2. The molecule has 4 rings (SSSR count). The van der Waals surface area contributed by atoms with Crippen LogP contribution in [0, 0.1) is 0 Å². The SMILES string of the molecule is CCOC(=O)c1c(NC(=O)C[NH+]2CC[NH+](Cc3ccccc3)CC2)sc2c1CCCC2. The highest BCUT2D eigenvalue weighted by molar-refractivity contribution is 7.17. The van der Waals surface area contributed by atoms with E-state index in [1.54, 1.807) is 16.2 Å². The molecule has 166 valence electrons. The number of quaternary nitrogens is 2. The zero-order valence-corrected chi connectivity index (χ0v) is 19.1. The molecule has 2 aliphatic rings. The standard InChI is InChI=1S/C24H31N3O3S/c1-2-30-24(29)22-19-10-6-7-11-20(19)31-23(22)25-21(28)17-27-14-12-26(13-15-27)16-18-8-4-3-5-9-18/h3-5,8-9H,2,6-7,10-17H2,1H3,(H,25,28)/p+2. The molecular formula is C24H33N3O3S+2. The lowest BCUT2D eigenvalue weighted by atomic mass is 9.95. The van der Waals surface area contributed by atoms with Gasteiger partial charge in [0, 0.05) is 10.4 Å². The number of hydrogen-bond donors (Lipinski definition) is 3. The van der Waals surface area contributed by atoms with Crippen LogP contribution in [-0.4, -0.2) is 51.2 Å². The summed E-state index contributed by atoms with van der Waals surface area (Å²) in [5.41, 5.74) is 3.06. The lowest BCUT2D eigenvalue weighted by Gasteiger charge is -2.29. The summed E-state index contributed by atoms with van der Waals surface area (Å²) in [6.07, 6.45) is 4.11. The van der Waals surface area contributed by atoms with E-state index < -0.39 is 0 Å². The molecule has 1 aromatic carbocycles. The predicted octanol–water partition coefficient (Wildman–Crippen LogP) is 0.726. The lowest BCUT2D eigenvalue weighted by Crippen LogP contribution is -3.28. The lowest BCUT2D eigenvalue weighted by molar-refractivity contribution is -1.02. The molecule has 7 heteroatoms. The zero-order valence-electron chi connectivity index (χ0n) is 18.3. The number of ether oxygens (including phenoxy) is 1. The van der Waals surface area contributed by atoms with E-state index in [2.05, 4.69) is 35.6 Å². The Morgan fingerprint density at radius 2 is 1.74 bits per heavy atom. The van der Waals surface area contributed by atoms with Crippen molar-refractivity contribution in [3.05, 3.63) is 51.9 Å². The van der Waals surface area contributed by atoms with Gasteiger partial charge >= 0.3 is 5.97 Å². The van der Waals surface area contributed by atoms with Crippen molar-refractivity contribution in [2.24, 2.45) is 0 Å². The molecule has 1 aliphatic carbocycles. The van der Waals surface area contributed by atoms with Crippen molar-refractivity contribution in [3.8, 4) is 0 Å². The van der Waals surface area contributed by atoms with Gasteiger partial charge in [-0.15, -0.1) is 11.3 Å². The summed E-state index contributed by atoms with van der Waals surface area (Å²) in [4.78, 5) is 29.5. The third-order valence-electron chi connectivity index (χ3n) is 6.28. The molecule has 1 fully saturated rings. The summed E-state index contributed by atoms with van der Waals surface area (Å²) >= 11 is 1.56. The minimum Gasteiger partial charge on any atom is -0.462 e. The van der Waals surface area contributed by atoms with Crippen LogP contribution in [0.25, 0.3) is 0 Å². The average molecular weight is 444 g/mol. The number of carbonyl (C=O) groups excluding carboxylic acids is 2. The zero-order chi connectivity index (χ0) is 21.6. The Hall–Kier alpha value is -2.22. The van der Waals surface area contributed by atoms with Crippen molar-refractivity contribution in [2.75, 3.05) is 44.6 Å². The van der Waals surface area contributed by atoms with Crippen molar-refractivity contribution in [1.82, 2.24) is 0 Å². The maximum absolute atomic E-state index is 12.8. The normalized spacial score (nSPS) is 20.7. The highest BCUT2D eigenvalue weighted by atomic mass is 32.1. The molecular weight excluding hydrogens is 410 g/mol. The van der Waals surface area contributed by atoms with Gasteiger partial charge in [-0.2, -0.15) is 0 Å². The Bertz CT molecular complexity index is 904. The van der Waals surface area contributed by atoms with Crippen LogP contribution < -0.4 is 15.1 Å². The molecule has 1 saturated heterocycles. The second-order valence-electron chi connectivity index (χ2n) is 8.52. The number of nitrogens with one attached hydrogen (secondary N) is 3. The number of thiophene rings is 1. The molecule has 6 nitrogen and oxygen atoms in total. The van der Waals surface area contributed by atoms with Gasteiger partial charge in [0.1, 0.15) is 37.7 Å². The van der Waals surface area contributed by atoms with Crippen LogP contribution >= 0.6 is 11.3 Å². The van der Waals surface area contributed by atoms with Crippen molar-refractivity contribution in [2.45, 2.75) is 39.2 Å². The van der Waals surface area contributed by atoms with Crippen molar-refractivity contribution < 1.29 is 24.1 Å². The molecule has 0 unspecified atom stereocenters. The Balaban J connectivity index is 1.33. The van der Waals surface area contributed by atoms with E-state index in [1.807, 2.05) is 6.92 Å². The van der Waals surface area contributed by atoms with Crippen LogP contribution in [0.4, 0.5) is 5.00 Å². The number of piperazine rings is 1. The van der Waals surface area contributed by atoms with Gasteiger partial charge in [-0.3, -0.25) is 4.79 Å². The van der Waals surface area contributed by atoms with Gasteiger partial charge in [-0.25, -0.2) is 4.79 Å². The summed E-state index contributed by atoms with van der Waals surface area (Å²) in [7, 11) is 0. The fourth-order valence-corrected chi connectivity index (χ4v) is 5.96. The van der Waals surface area contributed by atoms with E-state index >= 15 is 0 Å². The number of aryl methyl sites for hydroxylation is 1. The highest BCUT2D eigenvalue weighted by Crippen LogP contribution is 2.38. The Kier molecular flexibility index (Phi) is 7.37. The van der Waals surface area contributed by atoms with Crippen molar-refractivity contribution >= 4 is 28.2 Å².